The van der Waals surface area contributed by atoms with Gasteiger partial charge in [0.15, 0.2) is 0 Å². The second-order valence-corrected chi connectivity index (χ2v) is 4.50. The van der Waals surface area contributed by atoms with Gasteiger partial charge in [-0.15, -0.1) is 10.9 Å². The first-order valence-corrected chi connectivity index (χ1v) is 5.46. The van der Waals surface area contributed by atoms with Crippen molar-refractivity contribution in [3.05, 3.63) is 48.0 Å². The molecule has 0 aliphatic rings. The third-order valence-corrected chi connectivity index (χ3v) is 3.83. The molecule has 0 aliphatic carbocycles. The van der Waals surface area contributed by atoms with E-state index in [2.05, 4.69) is 43.3 Å². The molecule has 1 aromatic heterocycles. The minimum Gasteiger partial charge on any atom is -0.204 e. The third kappa shape index (κ3) is 1.63. The van der Waals surface area contributed by atoms with Crippen molar-refractivity contribution in [3.8, 4) is 0 Å². The fourth-order valence-corrected chi connectivity index (χ4v) is 2.98. The van der Waals surface area contributed by atoms with Crippen LogP contribution in [0.2, 0.25) is 0 Å². The van der Waals surface area contributed by atoms with Gasteiger partial charge < -0.3 is 0 Å². The maximum absolute atomic E-state index is 3.25. The van der Waals surface area contributed by atoms with E-state index in [4.69, 9.17) is 0 Å². The van der Waals surface area contributed by atoms with Crippen LogP contribution in [0.5, 0.6) is 0 Å². The monoisotopic (exact) mass is 390 g/mol. The normalized spacial score (nSPS) is 10.5. The minimum absolute atomic E-state index is 0. The second kappa shape index (κ2) is 4.05. The molecule has 0 bridgehead atoms. The van der Waals surface area contributed by atoms with Gasteiger partial charge in [-0.2, -0.15) is 18.2 Å². The number of fused-ring (bicyclic) bond motifs is 3. The molecule has 0 fully saturated rings. The molecule has 2 heteroatoms. The zero-order valence-corrected chi connectivity index (χ0v) is 11.4. The van der Waals surface area contributed by atoms with Crippen LogP contribution < -0.4 is 0 Å². The first-order chi connectivity index (χ1) is 6.86. The molecule has 0 saturated heterocycles. The summed E-state index contributed by atoms with van der Waals surface area (Å²) in [5.41, 5.74) is 1.25. The summed E-state index contributed by atoms with van der Waals surface area (Å²) >= 11 is 1.86. The molecule has 1 heterocycles. The van der Waals surface area contributed by atoms with Gasteiger partial charge >= 0.3 is 0 Å². The smallest absolute Gasteiger partial charge is 0.0203 e. The molecule has 0 nitrogen and oxygen atoms in total. The van der Waals surface area contributed by atoms with Crippen LogP contribution >= 0.6 is 11.3 Å². The molecule has 0 saturated carbocycles. The van der Waals surface area contributed by atoms with E-state index < -0.39 is 0 Å². The van der Waals surface area contributed by atoms with Crippen molar-refractivity contribution in [2.45, 2.75) is 6.92 Å². The van der Waals surface area contributed by atoms with E-state index in [9.17, 15) is 0 Å². The summed E-state index contributed by atoms with van der Waals surface area (Å²) in [7, 11) is 0. The van der Waals surface area contributed by atoms with Crippen LogP contribution in [-0.4, -0.2) is 0 Å². The quantitative estimate of drug-likeness (QED) is 0.507. The molecule has 3 rings (SSSR count). The Morgan fingerprint density at radius 1 is 1.07 bits per heavy atom. The van der Waals surface area contributed by atoms with Crippen molar-refractivity contribution >= 4 is 31.5 Å². The van der Waals surface area contributed by atoms with Crippen molar-refractivity contribution < 1.29 is 20.1 Å². The molecule has 3 aromatic rings. The van der Waals surface area contributed by atoms with Crippen LogP contribution in [0.15, 0.2) is 36.4 Å². The third-order valence-electron chi connectivity index (χ3n) is 2.52. The van der Waals surface area contributed by atoms with Gasteiger partial charge in [-0.1, -0.05) is 29.8 Å². The molecule has 77 valence electrons. The van der Waals surface area contributed by atoms with Gasteiger partial charge in [-0.25, -0.2) is 11.3 Å². The number of hydrogen-bond acceptors (Lipinski definition) is 1. The first kappa shape index (κ1) is 10.8. The average Bonchev–Trinajstić information content (AvgIpc) is 2.59. The summed E-state index contributed by atoms with van der Waals surface area (Å²) in [5.74, 6) is 0. The summed E-state index contributed by atoms with van der Waals surface area (Å²) in [5, 5.41) is 2.73. The van der Waals surface area contributed by atoms with Gasteiger partial charge in [-0.05, 0) is 11.5 Å². The van der Waals surface area contributed by atoms with Gasteiger partial charge in [-0.3, -0.25) is 0 Å². The molecular formula is C13H9IrS-. The van der Waals surface area contributed by atoms with E-state index in [0.29, 0.717) is 0 Å². The van der Waals surface area contributed by atoms with E-state index in [-0.39, 0.29) is 20.1 Å². The summed E-state index contributed by atoms with van der Waals surface area (Å²) < 4.78 is 2.74. The Kier molecular flexibility index (Phi) is 2.92. The van der Waals surface area contributed by atoms with Crippen molar-refractivity contribution in [3.63, 3.8) is 0 Å². The Hall–Kier alpha value is -0.691. The fraction of sp³-hybridized carbons (Fsp3) is 0.0769. The number of aryl methyl sites for hydroxylation is 1. The van der Waals surface area contributed by atoms with Crippen molar-refractivity contribution in [1.29, 1.82) is 0 Å². The second-order valence-electron chi connectivity index (χ2n) is 3.44. The summed E-state index contributed by atoms with van der Waals surface area (Å²) in [6.07, 6.45) is 0. The number of rotatable bonds is 0. The van der Waals surface area contributed by atoms with Crippen molar-refractivity contribution in [2.75, 3.05) is 0 Å². The summed E-state index contributed by atoms with van der Waals surface area (Å²) in [4.78, 5) is 0. The zero-order chi connectivity index (χ0) is 9.54. The molecule has 0 aliphatic heterocycles. The number of thiophene rings is 1. The molecule has 0 amide bonds. The molecule has 0 N–H and O–H groups in total. The zero-order valence-electron chi connectivity index (χ0n) is 8.21. The molecule has 1 radical (unpaired) electrons. The Bertz CT molecular complexity index is 610. The minimum atomic E-state index is 0. The van der Waals surface area contributed by atoms with Crippen LogP contribution in [0.25, 0.3) is 20.2 Å². The van der Waals surface area contributed by atoms with Crippen LogP contribution in [0.1, 0.15) is 5.56 Å². The summed E-state index contributed by atoms with van der Waals surface area (Å²) in [6, 6.07) is 16.0. The molecule has 2 aromatic carbocycles. The van der Waals surface area contributed by atoms with Crippen LogP contribution in [0.4, 0.5) is 0 Å². The maximum Gasteiger partial charge on any atom is 0.0203 e. The topological polar surface area (TPSA) is 0 Å². The van der Waals surface area contributed by atoms with Gasteiger partial charge in [0.1, 0.15) is 0 Å². The molecule has 0 atom stereocenters. The van der Waals surface area contributed by atoms with E-state index in [1.807, 2.05) is 17.4 Å². The van der Waals surface area contributed by atoms with Crippen LogP contribution in [-0.2, 0) is 20.1 Å². The van der Waals surface area contributed by atoms with Crippen molar-refractivity contribution in [1.82, 2.24) is 0 Å². The van der Waals surface area contributed by atoms with Gasteiger partial charge in [0.2, 0.25) is 0 Å². The van der Waals surface area contributed by atoms with Crippen LogP contribution in [0, 0.1) is 13.0 Å². The van der Waals surface area contributed by atoms with E-state index >= 15 is 0 Å². The number of benzene rings is 2. The van der Waals surface area contributed by atoms with E-state index in [1.165, 1.54) is 25.7 Å². The predicted molar refractivity (Wildman–Crippen MR) is 62.9 cm³/mol. The predicted octanol–water partition coefficient (Wildman–Crippen LogP) is 4.16. The Morgan fingerprint density at radius 3 is 2.73 bits per heavy atom. The van der Waals surface area contributed by atoms with Gasteiger partial charge in [0.05, 0.1) is 0 Å². The maximum atomic E-state index is 3.25. The number of hydrogen-bond donors (Lipinski definition) is 0. The molecular weight excluding hydrogens is 380 g/mol. The van der Waals surface area contributed by atoms with E-state index in [1.54, 1.807) is 0 Å². The fourth-order valence-electron chi connectivity index (χ4n) is 1.82. The Labute approximate surface area is 106 Å². The van der Waals surface area contributed by atoms with Crippen molar-refractivity contribution in [2.24, 2.45) is 0 Å². The summed E-state index contributed by atoms with van der Waals surface area (Å²) in [6.45, 7) is 2.12. The van der Waals surface area contributed by atoms with E-state index in [0.717, 1.165) is 0 Å². The first-order valence-electron chi connectivity index (χ1n) is 4.65. The van der Waals surface area contributed by atoms with Gasteiger partial charge in [0.25, 0.3) is 0 Å². The molecule has 0 spiro atoms. The Morgan fingerprint density at radius 2 is 1.87 bits per heavy atom. The standard InChI is InChI=1S/C13H9S.Ir/c1-9-5-4-7-11-10-6-2-3-8-12(10)14-13(9)11;/h2-4,6-8H,1H3;/q-1;. The van der Waals surface area contributed by atoms with Crippen LogP contribution in [0.3, 0.4) is 0 Å². The van der Waals surface area contributed by atoms with Gasteiger partial charge in [0, 0.05) is 24.8 Å². The molecule has 15 heavy (non-hydrogen) atoms. The Balaban J connectivity index is 0.000000853. The average molecular weight is 389 g/mol. The largest absolute Gasteiger partial charge is 0.204 e. The SMILES string of the molecule is Cc1[c-]ccc2c1sc1ccccc12.[Ir]. The molecule has 0 unspecified atom stereocenters.